The number of para-hydroxylation sites is 1. The summed E-state index contributed by atoms with van der Waals surface area (Å²) in [5.74, 6) is 0.175. The molecule has 0 aliphatic rings. The Kier molecular flexibility index (Phi) is 3.60. The van der Waals surface area contributed by atoms with Crippen LogP contribution in [0.3, 0.4) is 0 Å². The topological polar surface area (TPSA) is 79.5 Å². The molecule has 2 rings (SSSR count). The largest absolute Gasteiger partial charge is 0.445 e. The van der Waals surface area contributed by atoms with E-state index in [1.165, 1.54) is 18.2 Å². The van der Waals surface area contributed by atoms with E-state index in [2.05, 4.69) is 4.72 Å². The van der Waals surface area contributed by atoms with Crippen molar-refractivity contribution in [1.29, 1.82) is 0 Å². The van der Waals surface area contributed by atoms with Crippen LogP contribution in [0.25, 0.3) is 0 Å². The molecule has 18 heavy (non-hydrogen) atoms. The first-order valence-electron chi connectivity index (χ1n) is 5.00. The number of aliphatic hydroxyl groups excluding tert-OH is 1. The fraction of sp³-hybridized carbons (Fsp3) is 0.0909. The molecule has 0 atom stereocenters. The van der Waals surface area contributed by atoms with E-state index in [-0.39, 0.29) is 28.2 Å². The van der Waals surface area contributed by atoms with E-state index < -0.39 is 10.0 Å². The molecule has 5 nitrogen and oxygen atoms in total. The predicted octanol–water partition coefficient (Wildman–Crippen LogP) is 2.23. The molecule has 0 radical (unpaired) electrons. The first-order chi connectivity index (χ1) is 8.53. The lowest BCUT2D eigenvalue weighted by atomic mass is 10.3. The summed E-state index contributed by atoms with van der Waals surface area (Å²) in [4.78, 5) is 0. The van der Waals surface area contributed by atoms with Gasteiger partial charge in [-0.3, -0.25) is 4.72 Å². The number of halogens is 1. The van der Waals surface area contributed by atoms with Gasteiger partial charge < -0.3 is 9.52 Å². The Morgan fingerprint density at radius 3 is 2.56 bits per heavy atom. The van der Waals surface area contributed by atoms with E-state index in [9.17, 15) is 8.42 Å². The summed E-state index contributed by atoms with van der Waals surface area (Å²) < 4.78 is 31.1. The monoisotopic (exact) mass is 287 g/mol. The molecule has 0 aliphatic carbocycles. The van der Waals surface area contributed by atoms with Crippen LogP contribution >= 0.6 is 11.6 Å². The van der Waals surface area contributed by atoms with Crippen molar-refractivity contribution in [3.05, 3.63) is 47.2 Å². The number of hydrogen-bond acceptors (Lipinski definition) is 4. The maximum Gasteiger partial charge on any atom is 0.295 e. The highest BCUT2D eigenvalue weighted by molar-refractivity contribution is 7.92. The van der Waals surface area contributed by atoms with E-state index >= 15 is 0 Å². The Morgan fingerprint density at radius 1 is 1.22 bits per heavy atom. The van der Waals surface area contributed by atoms with Gasteiger partial charge in [0.25, 0.3) is 10.0 Å². The van der Waals surface area contributed by atoms with Gasteiger partial charge in [-0.25, -0.2) is 0 Å². The summed E-state index contributed by atoms with van der Waals surface area (Å²) in [5.41, 5.74) is 0.265. The fourth-order valence-corrected chi connectivity index (χ4v) is 2.60. The molecule has 7 heteroatoms. The first kappa shape index (κ1) is 12.9. The van der Waals surface area contributed by atoms with Gasteiger partial charge in [0.2, 0.25) is 5.09 Å². The minimum Gasteiger partial charge on any atom is -0.445 e. The third kappa shape index (κ3) is 2.66. The highest BCUT2D eigenvalue weighted by atomic mass is 35.5. The number of anilines is 1. The van der Waals surface area contributed by atoms with Gasteiger partial charge in [0.1, 0.15) is 12.4 Å². The maximum atomic E-state index is 11.9. The third-order valence-electron chi connectivity index (χ3n) is 2.18. The first-order valence-corrected chi connectivity index (χ1v) is 6.86. The van der Waals surface area contributed by atoms with Crippen molar-refractivity contribution < 1.29 is 17.9 Å². The molecular formula is C11H10ClNO4S. The SMILES string of the molecule is O=S(=O)(Nc1ccccc1Cl)c1ccc(CO)o1. The molecule has 0 aliphatic heterocycles. The zero-order chi connectivity index (χ0) is 13.2. The molecule has 1 heterocycles. The van der Waals surface area contributed by atoms with E-state index in [0.29, 0.717) is 0 Å². The molecule has 0 saturated carbocycles. The number of sulfonamides is 1. The smallest absolute Gasteiger partial charge is 0.295 e. The molecule has 0 fully saturated rings. The average Bonchev–Trinajstić information content (AvgIpc) is 2.81. The van der Waals surface area contributed by atoms with Gasteiger partial charge in [0.15, 0.2) is 0 Å². The van der Waals surface area contributed by atoms with E-state index in [1.807, 2.05) is 0 Å². The minimum absolute atomic E-state index is 0.175. The molecule has 0 unspecified atom stereocenters. The molecule has 0 bridgehead atoms. The standard InChI is InChI=1S/C11H10ClNO4S/c12-9-3-1-2-4-10(9)13-18(15,16)11-6-5-8(7-14)17-11/h1-6,13-14H,7H2. The number of hydrogen-bond donors (Lipinski definition) is 2. The van der Waals surface area contributed by atoms with Gasteiger partial charge in [0.05, 0.1) is 10.7 Å². The minimum atomic E-state index is -3.84. The third-order valence-corrected chi connectivity index (χ3v) is 3.74. The van der Waals surface area contributed by atoms with Gasteiger partial charge in [-0.2, -0.15) is 8.42 Å². The Hall–Kier alpha value is -1.50. The van der Waals surface area contributed by atoms with Crippen molar-refractivity contribution in [2.24, 2.45) is 0 Å². The van der Waals surface area contributed by atoms with E-state index in [4.69, 9.17) is 21.1 Å². The van der Waals surface area contributed by atoms with Crippen LogP contribution in [-0.4, -0.2) is 13.5 Å². The Bertz CT molecular complexity index is 651. The lowest BCUT2D eigenvalue weighted by Crippen LogP contribution is -2.12. The second-order valence-electron chi connectivity index (χ2n) is 3.46. The number of aliphatic hydroxyl groups is 1. The summed E-state index contributed by atoms with van der Waals surface area (Å²) in [6, 6.07) is 9.12. The second-order valence-corrected chi connectivity index (χ2v) is 5.48. The van der Waals surface area contributed by atoms with Crippen LogP contribution in [0.1, 0.15) is 5.76 Å². The van der Waals surface area contributed by atoms with Crippen LogP contribution in [-0.2, 0) is 16.6 Å². The predicted molar refractivity (Wildman–Crippen MR) is 66.9 cm³/mol. The quantitative estimate of drug-likeness (QED) is 0.904. The lowest BCUT2D eigenvalue weighted by Gasteiger charge is -2.06. The van der Waals surface area contributed by atoms with Crippen LogP contribution < -0.4 is 4.72 Å². The molecule has 2 N–H and O–H groups in total. The van der Waals surface area contributed by atoms with Crippen LogP contribution in [0, 0.1) is 0 Å². The van der Waals surface area contributed by atoms with Crippen molar-refractivity contribution in [2.45, 2.75) is 11.7 Å². The molecule has 0 spiro atoms. The van der Waals surface area contributed by atoms with Crippen molar-refractivity contribution >= 4 is 27.3 Å². The highest BCUT2D eigenvalue weighted by Gasteiger charge is 2.19. The average molecular weight is 288 g/mol. The van der Waals surface area contributed by atoms with Crippen LogP contribution in [0.4, 0.5) is 5.69 Å². The summed E-state index contributed by atoms with van der Waals surface area (Å²) in [6.45, 7) is -0.360. The van der Waals surface area contributed by atoms with Crippen LogP contribution in [0.15, 0.2) is 45.9 Å². The van der Waals surface area contributed by atoms with E-state index in [0.717, 1.165) is 0 Å². The maximum absolute atomic E-state index is 11.9. The van der Waals surface area contributed by atoms with Crippen molar-refractivity contribution in [1.82, 2.24) is 0 Å². The number of furan rings is 1. The molecule has 0 saturated heterocycles. The van der Waals surface area contributed by atoms with Crippen LogP contribution in [0.2, 0.25) is 5.02 Å². The van der Waals surface area contributed by atoms with Gasteiger partial charge in [-0.1, -0.05) is 23.7 Å². The Labute approximate surface area is 109 Å². The second kappa shape index (κ2) is 5.01. The normalized spacial score (nSPS) is 11.4. The number of rotatable bonds is 4. The van der Waals surface area contributed by atoms with Crippen molar-refractivity contribution in [3.63, 3.8) is 0 Å². The van der Waals surface area contributed by atoms with Gasteiger partial charge in [-0.05, 0) is 24.3 Å². The summed E-state index contributed by atoms with van der Waals surface area (Å²) in [6.07, 6.45) is 0. The molecule has 2 aromatic rings. The van der Waals surface area contributed by atoms with Gasteiger partial charge in [-0.15, -0.1) is 0 Å². The number of benzene rings is 1. The van der Waals surface area contributed by atoms with Crippen LogP contribution in [0.5, 0.6) is 0 Å². The zero-order valence-electron chi connectivity index (χ0n) is 9.13. The summed E-state index contributed by atoms with van der Waals surface area (Å²) in [7, 11) is -3.84. The Balaban J connectivity index is 2.30. The summed E-state index contributed by atoms with van der Waals surface area (Å²) in [5, 5.41) is 8.84. The van der Waals surface area contributed by atoms with Gasteiger partial charge >= 0.3 is 0 Å². The van der Waals surface area contributed by atoms with Gasteiger partial charge in [0, 0.05) is 0 Å². The van der Waals surface area contributed by atoms with Crippen molar-refractivity contribution in [3.8, 4) is 0 Å². The lowest BCUT2D eigenvalue weighted by molar-refractivity contribution is 0.236. The summed E-state index contributed by atoms with van der Waals surface area (Å²) >= 11 is 5.85. The van der Waals surface area contributed by atoms with Crippen molar-refractivity contribution in [2.75, 3.05) is 4.72 Å². The highest BCUT2D eigenvalue weighted by Crippen LogP contribution is 2.24. The van der Waals surface area contributed by atoms with E-state index in [1.54, 1.807) is 18.2 Å². The molecule has 0 amide bonds. The number of nitrogens with one attached hydrogen (secondary N) is 1. The molecule has 1 aromatic heterocycles. The molecule has 1 aromatic carbocycles. The molecule has 96 valence electrons. The zero-order valence-corrected chi connectivity index (χ0v) is 10.7. The Morgan fingerprint density at radius 2 is 1.94 bits per heavy atom. The molecular weight excluding hydrogens is 278 g/mol. The fourth-order valence-electron chi connectivity index (χ4n) is 1.33.